The number of thioether (sulfide) groups is 1. The van der Waals surface area contributed by atoms with Crippen molar-refractivity contribution >= 4 is 17.7 Å². The Morgan fingerprint density at radius 1 is 1.47 bits per heavy atom. The van der Waals surface area contributed by atoms with Crippen LogP contribution in [0.2, 0.25) is 0 Å². The fourth-order valence-corrected chi connectivity index (χ4v) is 3.50. The summed E-state index contributed by atoms with van der Waals surface area (Å²) < 4.78 is 0. The van der Waals surface area contributed by atoms with Gasteiger partial charge in [-0.3, -0.25) is 4.79 Å². The van der Waals surface area contributed by atoms with Gasteiger partial charge in [0.05, 0.1) is 0 Å². The minimum atomic E-state index is 0.294. The highest BCUT2D eigenvalue weighted by molar-refractivity contribution is 7.99. The molecule has 0 aromatic carbocycles. The van der Waals surface area contributed by atoms with E-state index in [1.54, 1.807) is 0 Å². The molecule has 15 heavy (non-hydrogen) atoms. The zero-order valence-electron chi connectivity index (χ0n) is 9.53. The van der Waals surface area contributed by atoms with Crippen molar-refractivity contribution in [3.63, 3.8) is 0 Å². The molecule has 1 amide bonds. The van der Waals surface area contributed by atoms with E-state index in [1.807, 2.05) is 11.8 Å². The molecule has 2 fully saturated rings. The number of carbonyl (C=O) groups excluding carboxylic acids is 1. The molecule has 0 saturated carbocycles. The Labute approximate surface area is 96.0 Å². The van der Waals surface area contributed by atoms with Crippen LogP contribution in [0.5, 0.6) is 0 Å². The molecule has 3 nitrogen and oxygen atoms in total. The molecule has 2 aliphatic rings. The minimum absolute atomic E-state index is 0.294. The first-order valence-electron chi connectivity index (χ1n) is 5.80. The van der Waals surface area contributed by atoms with E-state index < -0.39 is 0 Å². The Bertz CT molecular complexity index is 241. The highest BCUT2D eigenvalue weighted by Crippen LogP contribution is 2.26. The Balaban J connectivity index is 1.97. The molecule has 2 heterocycles. The fourth-order valence-electron chi connectivity index (χ4n) is 2.29. The van der Waals surface area contributed by atoms with Gasteiger partial charge in [-0.05, 0) is 26.0 Å². The number of nitrogens with one attached hydrogen (secondary N) is 1. The summed E-state index contributed by atoms with van der Waals surface area (Å²) in [4.78, 5) is 14.3. The van der Waals surface area contributed by atoms with Crippen molar-refractivity contribution in [1.82, 2.24) is 10.2 Å². The largest absolute Gasteiger partial charge is 0.337 e. The van der Waals surface area contributed by atoms with E-state index in [-0.39, 0.29) is 0 Å². The zero-order valence-corrected chi connectivity index (χ0v) is 10.3. The van der Waals surface area contributed by atoms with E-state index >= 15 is 0 Å². The van der Waals surface area contributed by atoms with Crippen molar-refractivity contribution < 1.29 is 4.79 Å². The van der Waals surface area contributed by atoms with Gasteiger partial charge in [0.2, 0.25) is 5.91 Å². The van der Waals surface area contributed by atoms with Crippen molar-refractivity contribution in [2.75, 3.05) is 24.6 Å². The quantitative estimate of drug-likeness (QED) is 0.725. The summed E-state index contributed by atoms with van der Waals surface area (Å²) in [5, 5.41) is 3.41. The predicted octanol–water partition coefficient (Wildman–Crippen LogP) is 0.948. The van der Waals surface area contributed by atoms with Crippen LogP contribution >= 0.6 is 11.8 Å². The normalized spacial score (nSPS) is 36.9. The van der Waals surface area contributed by atoms with E-state index in [2.05, 4.69) is 24.1 Å². The Morgan fingerprint density at radius 3 is 2.93 bits per heavy atom. The van der Waals surface area contributed by atoms with Crippen LogP contribution in [-0.2, 0) is 4.79 Å². The molecule has 86 valence electrons. The molecular weight excluding hydrogens is 208 g/mol. The van der Waals surface area contributed by atoms with Gasteiger partial charge in [-0.15, -0.1) is 0 Å². The average molecular weight is 228 g/mol. The van der Waals surface area contributed by atoms with Crippen molar-refractivity contribution in [3.8, 4) is 0 Å². The van der Waals surface area contributed by atoms with Crippen molar-refractivity contribution in [3.05, 3.63) is 0 Å². The fraction of sp³-hybridized carbons (Fsp3) is 0.909. The third-order valence-corrected chi connectivity index (χ3v) is 4.49. The number of carbonyl (C=O) groups is 1. The molecule has 3 unspecified atom stereocenters. The summed E-state index contributed by atoms with van der Waals surface area (Å²) >= 11 is 1.91. The van der Waals surface area contributed by atoms with Crippen molar-refractivity contribution in [1.29, 1.82) is 0 Å². The van der Waals surface area contributed by atoms with Crippen LogP contribution in [0.15, 0.2) is 0 Å². The second-order valence-corrected chi connectivity index (χ2v) is 5.86. The summed E-state index contributed by atoms with van der Waals surface area (Å²) in [6.07, 6.45) is 1.08. The number of rotatable bonds is 1. The molecule has 0 aliphatic carbocycles. The third kappa shape index (κ3) is 2.48. The van der Waals surface area contributed by atoms with E-state index in [0.717, 1.165) is 31.0 Å². The standard InChI is InChI=1S/C11H20N2OS/c1-8-6-13(9(2)5-12-8)11(14)10-3-4-15-7-10/h8-10,12H,3-7H2,1-2H3. The van der Waals surface area contributed by atoms with Gasteiger partial charge in [0.15, 0.2) is 0 Å². The number of nitrogens with zero attached hydrogens (tertiary/aromatic N) is 1. The number of piperazine rings is 1. The van der Waals surface area contributed by atoms with Gasteiger partial charge in [0.1, 0.15) is 0 Å². The summed E-state index contributed by atoms with van der Waals surface area (Å²) in [6, 6.07) is 0.804. The topological polar surface area (TPSA) is 32.3 Å². The highest BCUT2D eigenvalue weighted by atomic mass is 32.2. The van der Waals surface area contributed by atoms with Gasteiger partial charge < -0.3 is 10.2 Å². The number of hydrogen-bond acceptors (Lipinski definition) is 3. The summed E-state index contributed by atoms with van der Waals surface area (Å²) in [6.45, 7) is 6.10. The van der Waals surface area contributed by atoms with E-state index in [0.29, 0.717) is 23.9 Å². The second-order valence-electron chi connectivity index (χ2n) is 4.71. The number of hydrogen-bond donors (Lipinski definition) is 1. The van der Waals surface area contributed by atoms with Gasteiger partial charge >= 0.3 is 0 Å². The van der Waals surface area contributed by atoms with Gasteiger partial charge in [-0.25, -0.2) is 0 Å². The maximum atomic E-state index is 12.2. The van der Waals surface area contributed by atoms with Crippen LogP contribution in [0, 0.1) is 5.92 Å². The molecule has 0 radical (unpaired) electrons. The molecule has 2 rings (SSSR count). The first-order chi connectivity index (χ1) is 7.18. The lowest BCUT2D eigenvalue weighted by Gasteiger charge is -2.38. The van der Waals surface area contributed by atoms with Crippen LogP contribution in [-0.4, -0.2) is 47.5 Å². The first kappa shape index (κ1) is 11.3. The van der Waals surface area contributed by atoms with Crippen molar-refractivity contribution in [2.45, 2.75) is 32.4 Å². The van der Waals surface area contributed by atoms with E-state index in [9.17, 15) is 4.79 Å². The van der Waals surface area contributed by atoms with Crippen LogP contribution in [0.1, 0.15) is 20.3 Å². The second kappa shape index (κ2) is 4.74. The summed E-state index contributed by atoms with van der Waals surface area (Å²) in [5.41, 5.74) is 0. The molecule has 0 aromatic heterocycles. The first-order valence-corrected chi connectivity index (χ1v) is 6.95. The molecular formula is C11H20N2OS. The molecule has 0 aromatic rings. The maximum Gasteiger partial charge on any atom is 0.226 e. The lowest BCUT2D eigenvalue weighted by atomic mass is 10.0. The van der Waals surface area contributed by atoms with E-state index in [4.69, 9.17) is 0 Å². The molecule has 1 N–H and O–H groups in total. The minimum Gasteiger partial charge on any atom is -0.337 e. The monoisotopic (exact) mass is 228 g/mol. The predicted molar refractivity (Wildman–Crippen MR) is 64.1 cm³/mol. The van der Waals surface area contributed by atoms with Gasteiger partial charge in [0.25, 0.3) is 0 Å². The van der Waals surface area contributed by atoms with Crippen LogP contribution < -0.4 is 5.32 Å². The Morgan fingerprint density at radius 2 is 2.27 bits per heavy atom. The van der Waals surface area contributed by atoms with Crippen LogP contribution in [0.3, 0.4) is 0 Å². The van der Waals surface area contributed by atoms with Gasteiger partial charge in [-0.2, -0.15) is 11.8 Å². The third-order valence-electron chi connectivity index (χ3n) is 3.33. The smallest absolute Gasteiger partial charge is 0.226 e. The maximum absolute atomic E-state index is 12.2. The molecule has 4 heteroatoms. The van der Waals surface area contributed by atoms with Crippen LogP contribution in [0.25, 0.3) is 0 Å². The Kier molecular flexibility index (Phi) is 3.57. The van der Waals surface area contributed by atoms with Crippen LogP contribution in [0.4, 0.5) is 0 Å². The molecule has 0 spiro atoms. The van der Waals surface area contributed by atoms with E-state index in [1.165, 1.54) is 0 Å². The van der Waals surface area contributed by atoms with Gasteiger partial charge in [-0.1, -0.05) is 0 Å². The molecule has 3 atom stereocenters. The Hall–Kier alpha value is -0.220. The lowest BCUT2D eigenvalue weighted by molar-refractivity contribution is -0.138. The van der Waals surface area contributed by atoms with Gasteiger partial charge in [0, 0.05) is 36.8 Å². The highest BCUT2D eigenvalue weighted by Gasteiger charge is 2.32. The summed E-state index contributed by atoms with van der Waals surface area (Å²) in [5.74, 6) is 2.87. The SMILES string of the molecule is CC1CN(C(=O)C2CCSC2)C(C)CN1. The zero-order chi connectivity index (χ0) is 10.8. The molecule has 2 saturated heterocycles. The average Bonchev–Trinajstić information content (AvgIpc) is 2.74. The molecule has 2 aliphatic heterocycles. The lowest BCUT2D eigenvalue weighted by Crippen LogP contribution is -2.57. The van der Waals surface area contributed by atoms with Crippen molar-refractivity contribution in [2.24, 2.45) is 5.92 Å². The number of amides is 1. The molecule has 0 bridgehead atoms. The summed E-state index contributed by atoms with van der Waals surface area (Å²) in [7, 11) is 0.